The van der Waals surface area contributed by atoms with Gasteiger partial charge in [0.2, 0.25) is 0 Å². The Morgan fingerprint density at radius 2 is 2.00 bits per heavy atom. The van der Waals surface area contributed by atoms with Gasteiger partial charge < -0.3 is 4.90 Å². The van der Waals surface area contributed by atoms with Crippen molar-refractivity contribution in [3.63, 3.8) is 0 Å². The van der Waals surface area contributed by atoms with E-state index in [2.05, 4.69) is 53.1 Å². The Hall–Kier alpha value is -1.28. The van der Waals surface area contributed by atoms with E-state index in [0.717, 1.165) is 19.0 Å². The van der Waals surface area contributed by atoms with E-state index in [1.165, 1.54) is 31.6 Å². The summed E-state index contributed by atoms with van der Waals surface area (Å²) in [5, 5.41) is 0. The van der Waals surface area contributed by atoms with Gasteiger partial charge in [-0.3, -0.25) is 4.90 Å². The van der Waals surface area contributed by atoms with Crippen molar-refractivity contribution < 1.29 is 0 Å². The van der Waals surface area contributed by atoms with Gasteiger partial charge in [-0.1, -0.05) is 43.3 Å². The fourth-order valence-electron chi connectivity index (χ4n) is 3.01. The van der Waals surface area contributed by atoms with E-state index in [1.54, 1.807) is 5.70 Å². The topological polar surface area (TPSA) is 6.48 Å². The van der Waals surface area contributed by atoms with Crippen LogP contribution in [0.15, 0.2) is 42.1 Å². The van der Waals surface area contributed by atoms with Crippen LogP contribution in [0.25, 0.3) is 0 Å². The number of fused-ring (bicyclic) bond motifs is 1. The highest BCUT2D eigenvalue weighted by molar-refractivity contribution is 5.18. The second-order valence-electron chi connectivity index (χ2n) is 5.47. The Kier molecular flexibility index (Phi) is 3.37. The molecular formula is C16H22N2. The van der Waals surface area contributed by atoms with E-state index in [1.807, 2.05) is 0 Å². The second kappa shape index (κ2) is 5.15. The van der Waals surface area contributed by atoms with Gasteiger partial charge in [0, 0.05) is 38.4 Å². The molecular weight excluding hydrogens is 220 g/mol. The molecule has 1 atom stereocenters. The summed E-state index contributed by atoms with van der Waals surface area (Å²) in [6, 6.07) is 10.8. The highest BCUT2D eigenvalue weighted by atomic mass is 15.3. The number of hydrogen-bond donors (Lipinski definition) is 0. The lowest BCUT2D eigenvalue weighted by Gasteiger charge is -2.35. The molecule has 2 heterocycles. The average molecular weight is 242 g/mol. The first kappa shape index (κ1) is 11.8. The molecule has 2 nitrogen and oxygen atoms in total. The Morgan fingerprint density at radius 3 is 2.78 bits per heavy atom. The van der Waals surface area contributed by atoms with Crippen molar-refractivity contribution >= 4 is 0 Å². The van der Waals surface area contributed by atoms with Crippen molar-refractivity contribution in [2.24, 2.45) is 5.92 Å². The Morgan fingerprint density at radius 1 is 1.17 bits per heavy atom. The maximum absolute atomic E-state index is 2.58. The van der Waals surface area contributed by atoms with E-state index in [9.17, 15) is 0 Å². The van der Waals surface area contributed by atoms with E-state index < -0.39 is 0 Å². The van der Waals surface area contributed by atoms with Crippen molar-refractivity contribution in [2.45, 2.75) is 19.9 Å². The minimum atomic E-state index is 0.789. The zero-order valence-electron chi connectivity index (χ0n) is 11.2. The first-order valence-electron chi connectivity index (χ1n) is 7.07. The average Bonchev–Trinajstić information content (AvgIpc) is 2.82. The summed E-state index contributed by atoms with van der Waals surface area (Å²) in [4.78, 5) is 5.14. The predicted molar refractivity (Wildman–Crippen MR) is 75.2 cm³/mol. The zero-order chi connectivity index (χ0) is 12.4. The number of nitrogens with zero attached hydrogens (tertiary/aromatic N) is 2. The molecule has 18 heavy (non-hydrogen) atoms. The number of benzene rings is 1. The van der Waals surface area contributed by atoms with Crippen molar-refractivity contribution in [3.05, 3.63) is 47.7 Å². The molecule has 1 unspecified atom stereocenters. The summed E-state index contributed by atoms with van der Waals surface area (Å²) in [7, 11) is 0. The monoisotopic (exact) mass is 242 g/mol. The molecule has 1 aromatic carbocycles. The largest absolute Gasteiger partial charge is 0.372 e. The standard InChI is InChI=1S/C16H22N2/c1-2-14-10-16-13-17(8-9-18(16)12-14)11-15-6-4-3-5-7-15/h3-7,10,14H,2,8-9,11-13H2,1H3. The van der Waals surface area contributed by atoms with Gasteiger partial charge in [-0.15, -0.1) is 0 Å². The third-order valence-electron chi connectivity index (χ3n) is 4.13. The lowest BCUT2D eigenvalue weighted by Crippen LogP contribution is -2.42. The maximum Gasteiger partial charge on any atom is 0.0384 e. The molecule has 2 aliphatic rings. The summed E-state index contributed by atoms with van der Waals surface area (Å²) in [6.45, 7) is 8.17. The number of rotatable bonds is 3. The van der Waals surface area contributed by atoms with Gasteiger partial charge in [-0.2, -0.15) is 0 Å². The highest BCUT2D eigenvalue weighted by Gasteiger charge is 2.27. The Bertz CT molecular complexity index is 424. The van der Waals surface area contributed by atoms with E-state index in [-0.39, 0.29) is 0 Å². The molecule has 1 fully saturated rings. The van der Waals surface area contributed by atoms with Gasteiger partial charge in [-0.05, 0) is 17.9 Å². The minimum Gasteiger partial charge on any atom is -0.372 e. The van der Waals surface area contributed by atoms with Crippen LogP contribution in [-0.2, 0) is 6.54 Å². The van der Waals surface area contributed by atoms with Gasteiger partial charge in [-0.25, -0.2) is 0 Å². The summed E-state index contributed by atoms with van der Waals surface area (Å²) in [5.41, 5.74) is 2.99. The maximum atomic E-state index is 2.58. The fourth-order valence-corrected chi connectivity index (χ4v) is 3.01. The zero-order valence-corrected chi connectivity index (χ0v) is 11.2. The summed E-state index contributed by atoms with van der Waals surface area (Å²) < 4.78 is 0. The van der Waals surface area contributed by atoms with Gasteiger partial charge in [0.05, 0.1) is 0 Å². The first-order chi connectivity index (χ1) is 8.85. The van der Waals surface area contributed by atoms with Crippen molar-refractivity contribution in [1.29, 1.82) is 0 Å². The molecule has 0 saturated carbocycles. The normalized spacial score (nSPS) is 23.9. The lowest BCUT2D eigenvalue weighted by molar-refractivity contribution is 0.176. The van der Waals surface area contributed by atoms with Crippen LogP contribution in [0.4, 0.5) is 0 Å². The first-order valence-corrected chi connectivity index (χ1v) is 7.07. The molecule has 2 aliphatic heterocycles. The molecule has 0 spiro atoms. The smallest absolute Gasteiger partial charge is 0.0384 e. The highest BCUT2D eigenvalue weighted by Crippen LogP contribution is 2.26. The van der Waals surface area contributed by atoms with Crippen LogP contribution < -0.4 is 0 Å². The van der Waals surface area contributed by atoms with Crippen molar-refractivity contribution in [2.75, 3.05) is 26.2 Å². The van der Waals surface area contributed by atoms with Crippen LogP contribution in [0.1, 0.15) is 18.9 Å². The van der Waals surface area contributed by atoms with Gasteiger partial charge in [0.15, 0.2) is 0 Å². The van der Waals surface area contributed by atoms with Crippen molar-refractivity contribution in [1.82, 2.24) is 9.80 Å². The summed E-state index contributed by atoms with van der Waals surface area (Å²) >= 11 is 0. The van der Waals surface area contributed by atoms with E-state index in [0.29, 0.717) is 0 Å². The molecule has 3 rings (SSSR count). The third kappa shape index (κ3) is 2.44. The van der Waals surface area contributed by atoms with E-state index in [4.69, 9.17) is 0 Å². The molecule has 0 N–H and O–H groups in total. The lowest BCUT2D eigenvalue weighted by atomic mass is 10.1. The quantitative estimate of drug-likeness (QED) is 0.804. The molecule has 1 aromatic rings. The van der Waals surface area contributed by atoms with Gasteiger partial charge in [0.1, 0.15) is 0 Å². The van der Waals surface area contributed by atoms with Gasteiger partial charge in [0.25, 0.3) is 0 Å². The van der Waals surface area contributed by atoms with Crippen LogP contribution in [-0.4, -0.2) is 36.0 Å². The minimum absolute atomic E-state index is 0.789. The van der Waals surface area contributed by atoms with Crippen LogP contribution in [0.2, 0.25) is 0 Å². The number of hydrogen-bond acceptors (Lipinski definition) is 2. The molecule has 0 bridgehead atoms. The van der Waals surface area contributed by atoms with Crippen molar-refractivity contribution in [3.8, 4) is 0 Å². The Balaban J connectivity index is 1.63. The summed E-state index contributed by atoms with van der Waals surface area (Å²) in [5.74, 6) is 0.789. The molecule has 0 aromatic heterocycles. The predicted octanol–water partition coefficient (Wildman–Crippen LogP) is 2.73. The molecule has 0 aliphatic carbocycles. The molecule has 2 heteroatoms. The van der Waals surface area contributed by atoms with Crippen LogP contribution >= 0.6 is 0 Å². The SMILES string of the molecule is CCC1C=C2CN(Cc3ccccc3)CCN2C1. The molecule has 96 valence electrons. The fraction of sp³-hybridized carbons (Fsp3) is 0.500. The third-order valence-corrected chi connectivity index (χ3v) is 4.13. The van der Waals surface area contributed by atoms with Gasteiger partial charge >= 0.3 is 0 Å². The molecule has 0 amide bonds. The molecule has 1 saturated heterocycles. The van der Waals surface area contributed by atoms with Crippen LogP contribution in [0.3, 0.4) is 0 Å². The summed E-state index contributed by atoms with van der Waals surface area (Å²) in [6.07, 6.45) is 3.77. The molecule has 0 radical (unpaired) electrons. The van der Waals surface area contributed by atoms with Crippen LogP contribution in [0, 0.1) is 5.92 Å². The van der Waals surface area contributed by atoms with E-state index >= 15 is 0 Å². The van der Waals surface area contributed by atoms with Crippen LogP contribution in [0.5, 0.6) is 0 Å². The Labute approximate surface area is 110 Å². The second-order valence-corrected chi connectivity index (χ2v) is 5.47. The number of piperazine rings is 1.